The lowest BCUT2D eigenvalue weighted by Crippen LogP contribution is -2.47. The van der Waals surface area contributed by atoms with Gasteiger partial charge in [0.05, 0.1) is 47.9 Å². The van der Waals surface area contributed by atoms with Crippen LogP contribution >= 0.6 is 0 Å². The van der Waals surface area contributed by atoms with Gasteiger partial charge in [0.25, 0.3) is 0 Å². The van der Waals surface area contributed by atoms with Crippen molar-refractivity contribution in [1.82, 2.24) is 20.0 Å². The number of ether oxygens (including phenoxy) is 2. The van der Waals surface area contributed by atoms with Crippen LogP contribution in [0.25, 0.3) is 22.0 Å². The van der Waals surface area contributed by atoms with Crippen molar-refractivity contribution in [3.05, 3.63) is 48.0 Å². The Bertz CT molecular complexity index is 1650. The van der Waals surface area contributed by atoms with Gasteiger partial charge >= 0.3 is 0 Å². The van der Waals surface area contributed by atoms with Gasteiger partial charge in [-0.25, -0.2) is 0 Å². The molecule has 12 heteroatoms. The summed E-state index contributed by atoms with van der Waals surface area (Å²) in [6.07, 6.45) is 2.86. The zero-order valence-electron chi connectivity index (χ0n) is 29.6. The molecular weight excluding hydrogens is 622 g/mol. The van der Waals surface area contributed by atoms with Crippen LogP contribution in [0.15, 0.2) is 47.5 Å². The fraction of sp³-hybridized carbons (Fsp3) is 0.541. The molecule has 0 spiro atoms. The third kappa shape index (κ3) is 7.87. The Hall–Kier alpha value is -4.13. The molecule has 12 nitrogen and oxygen atoms in total. The minimum Gasteiger partial charge on any atom is -0.381 e. The highest BCUT2D eigenvalue weighted by molar-refractivity contribution is 6.04. The molecule has 6 atom stereocenters. The SMILES string of the molecule is COC(C)C(C)C(=O)N1CCCC1CN=C(CN)c1ccc(-c2ccc3[nH]nc(NC(=O)C4CCCN4C(=O)C(C)C(C)OC)c3c2)cc1. The largest absolute Gasteiger partial charge is 0.381 e. The predicted octanol–water partition coefficient (Wildman–Crippen LogP) is 4.24. The first-order chi connectivity index (χ1) is 23.6. The van der Waals surface area contributed by atoms with E-state index in [2.05, 4.69) is 15.5 Å². The Labute approximate surface area is 288 Å². The van der Waals surface area contributed by atoms with Crippen LogP contribution in [0.4, 0.5) is 5.82 Å². The highest BCUT2D eigenvalue weighted by Crippen LogP contribution is 2.30. The monoisotopic (exact) mass is 673 g/mol. The van der Waals surface area contributed by atoms with Crippen molar-refractivity contribution in [2.45, 2.75) is 77.7 Å². The van der Waals surface area contributed by atoms with Gasteiger partial charge in [0, 0.05) is 39.2 Å². The van der Waals surface area contributed by atoms with Crippen molar-refractivity contribution in [3.8, 4) is 11.1 Å². The fourth-order valence-electron chi connectivity index (χ4n) is 6.78. The molecule has 2 saturated heterocycles. The first-order valence-corrected chi connectivity index (χ1v) is 17.4. The molecule has 3 heterocycles. The smallest absolute Gasteiger partial charge is 0.248 e. The Kier molecular flexibility index (Phi) is 11.8. The quantitative estimate of drug-likeness (QED) is 0.229. The number of amides is 3. The Morgan fingerprint density at radius 2 is 1.53 bits per heavy atom. The van der Waals surface area contributed by atoms with E-state index in [4.69, 9.17) is 20.2 Å². The Morgan fingerprint density at radius 3 is 2.18 bits per heavy atom. The van der Waals surface area contributed by atoms with Gasteiger partial charge in [-0.2, -0.15) is 5.10 Å². The summed E-state index contributed by atoms with van der Waals surface area (Å²) in [6, 6.07) is 13.5. The van der Waals surface area contributed by atoms with Crippen LogP contribution in [0, 0.1) is 11.8 Å². The summed E-state index contributed by atoms with van der Waals surface area (Å²) in [7, 11) is 3.22. The first-order valence-electron chi connectivity index (χ1n) is 17.4. The summed E-state index contributed by atoms with van der Waals surface area (Å²) in [5.74, 6) is -0.343. The number of carbonyl (C=O) groups excluding carboxylic acids is 3. The standard InChI is InChI=1S/C37H51N7O5/c1-22(24(3)48-5)36(46)43-17-7-9-29(43)21-39-32(20-38)27-13-11-26(12-14-27)28-15-16-31-30(19-28)34(42-41-31)40-35(45)33-10-8-18-44(33)37(47)23(2)25(4)49-6/h11-16,19,22-25,29,33H,7-10,17-18,20-21,38H2,1-6H3,(H2,40,41,42,45). The number of aromatic amines is 1. The fourth-order valence-corrected chi connectivity index (χ4v) is 6.78. The summed E-state index contributed by atoms with van der Waals surface area (Å²) >= 11 is 0. The van der Waals surface area contributed by atoms with Gasteiger partial charge in [-0.3, -0.25) is 24.5 Å². The molecule has 264 valence electrons. The van der Waals surface area contributed by atoms with Gasteiger partial charge in [0.15, 0.2) is 5.82 Å². The normalized spacial score (nSPS) is 20.8. The third-order valence-corrected chi connectivity index (χ3v) is 10.5. The van der Waals surface area contributed by atoms with Crippen molar-refractivity contribution in [2.75, 3.05) is 45.7 Å². The van der Waals surface area contributed by atoms with Crippen LogP contribution in [0.1, 0.15) is 58.9 Å². The van der Waals surface area contributed by atoms with Gasteiger partial charge < -0.3 is 30.3 Å². The van der Waals surface area contributed by atoms with E-state index < -0.39 is 6.04 Å². The molecule has 3 aromatic rings. The summed E-state index contributed by atoms with van der Waals surface area (Å²) < 4.78 is 10.8. The number of H-pyrrole nitrogens is 1. The lowest BCUT2D eigenvalue weighted by molar-refractivity contribution is -0.143. The Balaban J connectivity index is 1.27. The molecule has 2 aliphatic rings. The van der Waals surface area contributed by atoms with Gasteiger partial charge in [-0.15, -0.1) is 0 Å². The van der Waals surface area contributed by atoms with Crippen LogP contribution in [0.5, 0.6) is 0 Å². The molecule has 6 unspecified atom stereocenters. The maximum Gasteiger partial charge on any atom is 0.248 e. The molecule has 49 heavy (non-hydrogen) atoms. The number of nitrogens with one attached hydrogen (secondary N) is 2. The molecule has 0 aliphatic carbocycles. The number of nitrogens with two attached hydrogens (primary N) is 1. The van der Waals surface area contributed by atoms with Crippen molar-refractivity contribution in [1.29, 1.82) is 0 Å². The number of aromatic nitrogens is 2. The number of rotatable bonds is 13. The topological polar surface area (TPSA) is 155 Å². The second-order valence-corrected chi connectivity index (χ2v) is 13.4. The van der Waals surface area contributed by atoms with E-state index in [1.54, 1.807) is 19.1 Å². The predicted molar refractivity (Wildman–Crippen MR) is 191 cm³/mol. The van der Waals surface area contributed by atoms with Crippen molar-refractivity contribution in [3.63, 3.8) is 0 Å². The molecule has 1 aromatic heterocycles. The van der Waals surface area contributed by atoms with E-state index in [-0.39, 0.29) is 54.4 Å². The van der Waals surface area contributed by atoms with Crippen LogP contribution in [-0.4, -0.2) is 108 Å². The lowest BCUT2D eigenvalue weighted by atomic mass is 10.0. The minimum atomic E-state index is -0.556. The number of aliphatic imine (C=N–C) groups is 1. The van der Waals surface area contributed by atoms with Crippen LogP contribution < -0.4 is 11.1 Å². The highest BCUT2D eigenvalue weighted by Gasteiger charge is 2.38. The number of carbonyl (C=O) groups is 3. The number of benzene rings is 2. The van der Waals surface area contributed by atoms with Gasteiger partial charge in [-0.1, -0.05) is 44.2 Å². The van der Waals surface area contributed by atoms with Gasteiger partial charge in [0.2, 0.25) is 17.7 Å². The molecule has 4 N–H and O–H groups in total. The first kappa shape index (κ1) is 36.2. The zero-order valence-corrected chi connectivity index (χ0v) is 29.6. The van der Waals surface area contributed by atoms with Crippen molar-refractivity contribution in [2.24, 2.45) is 22.6 Å². The number of hydrogen-bond donors (Lipinski definition) is 3. The summed E-state index contributed by atoms with van der Waals surface area (Å²) in [6.45, 7) is 9.62. The molecule has 0 saturated carbocycles. The van der Waals surface area contributed by atoms with E-state index in [1.807, 2.05) is 75.1 Å². The Morgan fingerprint density at radius 1 is 0.918 bits per heavy atom. The lowest BCUT2D eigenvalue weighted by Gasteiger charge is -2.28. The number of fused-ring (bicyclic) bond motifs is 1. The van der Waals surface area contributed by atoms with E-state index in [9.17, 15) is 14.4 Å². The van der Waals surface area contributed by atoms with Crippen molar-refractivity contribution < 1.29 is 23.9 Å². The molecule has 2 fully saturated rings. The highest BCUT2D eigenvalue weighted by atomic mass is 16.5. The molecule has 3 amide bonds. The number of anilines is 1. The van der Waals surface area contributed by atoms with Gasteiger partial charge in [-0.05, 0) is 68.4 Å². The van der Waals surface area contributed by atoms with E-state index in [0.29, 0.717) is 25.3 Å². The third-order valence-electron chi connectivity index (χ3n) is 10.5. The van der Waals surface area contributed by atoms with Crippen LogP contribution in [0.2, 0.25) is 0 Å². The second kappa shape index (κ2) is 16.1. The van der Waals surface area contributed by atoms with Crippen molar-refractivity contribution >= 4 is 40.2 Å². The summed E-state index contributed by atoms with van der Waals surface area (Å²) in [5, 5.41) is 11.2. The second-order valence-electron chi connectivity index (χ2n) is 13.4. The number of likely N-dealkylation sites (tertiary alicyclic amines) is 2. The molecule has 0 bridgehead atoms. The average molecular weight is 674 g/mol. The molecular formula is C37H51N7O5. The molecule has 5 rings (SSSR count). The number of nitrogens with zero attached hydrogens (tertiary/aromatic N) is 4. The molecule has 0 radical (unpaired) electrons. The summed E-state index contributed by atoms with van der Waals surface area (Å²) in [4.78, 5) is 48.2. The average Bonchev–Trinajstić information content (AvgIpc) is 3.90. The number of methoxy groups -OCH3 is 2. The molecule has 2 aliphatic heterocycles. The van der Waals surface area contributed by atoms with E-state index in [1.165, 1.54) is 0 Å². The summed E-state index contributed by atoms with van der Waals surface area (Å²) in [5.41, 5.74) is 10.6. The molecule has 2 aromatic carbocycles. The van der Waals surface area contributed by atoms with Crippen LogP contribution in [0.3, 0.4) is 0 Å². The maximum absolute atomic E-state index is 13.4. The van der Waals surface area contributed by atoms with Gasteiger partial charge in [0.1, 0.15) is 6.04 Å². The maximum atomic E-state index is 13.4. The minimum absolute atomic E-state index is 0.0522. The van der Waals surface area contributed by atoms with E-state index >= 15 is 0 Å². The zero-order chi connectivity index (χ0) is 35.2. The van der Waals surface area contributed by atoms with E-state index in [0.717, 1.165) is 59.1 Å². The number of hydrogen-bond acceptors (Lipinski definition) is 8. The van der Waals surface area contributed by atoms with Crippen LogP contribution in [-0.2, 0) is 23.9 Å².